The van der Waals surface area contributed by atoms with E-state index in [1.165, 1.54) is 17.4 Å². The van der Waals surface area contributed by atoms with Crippen LogP contribution in [0.25, 0.3) is 11.3 Å². The quantitative estimate of drug-likeness (QED) is 0.803. The summed E-state index contributed by atoms with van der Waals surface area (Å²) in [4.78, 5) is 0. The second-order valence-corrected chi connectivity index (χ2v) is 8.17. The standard InChI is InChI=1S/C8H4Cl3NO3S2/c9-7-2-5(8(10)16-7)6-1-4(12-15-6)3-17(11,13)14/h1-2H,3H2. The maximum Gasteiger partial charge on any atom is 0.238 e. The highest BCUT2D eigenvalue weighted by atomic mass is 35.7. The van der Waals surface area contributed by atoms with E-state index in [1.54, 1.807) is 6.07 Å². The lowest BCUT2D eigenvalue weighted by molar-refractivity contribution is 0.426. The van der Waals surface area contributed by atoms with Gasteiger partial charge in [0.1, 0.15) is 15.8 Å². The third-order valence-corrected chi connectivity index (χ3v) is 4.26. The zero-order chi connectivity index (χ0) is 12.6. The molecular weight excluding hydrogens is 329 g/mol. The van der Waals surface area contributed by atoms with E-state index in [2.05, 4.69) is 5.16 Å². The summed E-state index contributed by atoms with van der Waals surface area (Å²) in [5.41, 5.74) is 0.792. The zero-order valence-corrected chi connectivity index (χ0v) is 11.9. The van der Waals surface area contributed by atoms with Gasteiger partial charge in [0.2, 0.25) is 9.05 Å². The number of rotatable bonds is 3. The molecule has 0 saturated carbocycles. The maximum atomic E-state index is 10.9. The Kier molecular flexibility index (Phi) is 3.70. The van der Waals surface area contributed by atoms with E-state index >= 15 is 0 Å². The van der Waals surface area contributed by atoms with Gasteiger partial charge in [-0.05, 0) is 6.07 Å². The van der Waals surface area contributed by atoms with Gasteiger partial charge in [-0.25, -0.2) is 8.42 Å². The molecule has 0 aliphatic rings. The van der Waals surface area contributed by atoms with E-state index in [9.17, 15) is 8.42 Å². The van der Waals surface area contributed by atoms with Crippen molar-refractivity contribution < 1.29 is 12.9 Å². The van der Waals surface area contributed by atoms with Crippen LogP contribution < -0.4 is 0 Å². The predicted octanol–water partition coefficient (Wildman–Crippen LogP) is 3.78. The molecule has 0 aliphatic heterocycles. The van der Waals surface area contributed by atoms with Gasteiger partial charge in [0.15, 0.2) is 5.76 Å². The van der Waals surface area contributed by atoms with Crippen molar-refractivity contribution in [2.45, 2.75) is 5.75 Å². The second-order valence-electron chi connectivity index (χ2n) is 3.10. The summed E-state index contributed by atoms with van der Waals surface area (Å²) in [6, 6.07) is 3.08. The summed E-state index contributed by atoms with van der Waals surface area (Å²) in [6.45, 7) is 0. The Bertz CT molecular complexity index is 647. The number of halogens is 3. The summed E-state index contributed by atoms with van der Waals surface area (Å²) in [5, 5.41) is 3.59. The van der Waals surface area contributed by atoms with Crippen LogP contribution in [0.5, 0.6) is 0 Å². The number of aromatic nitrogens is 1. The molecule has 9 heteroatoms. The number of thiophene rings is 1. The van der Waals surface area contributed by atoms with E-state index in [-0.39, 0.29) is 5.69 Å². The molecule has 0 amide bonds. The Hall–Kier alpha value is -0.270. The van der Waals surface area contributed by atoms with Crippen molar-refractivity contribution in [1.29, 1.82) is 0 Å². The van der Waals surface area contributed by atoms with Gasteiger partial charge in [-0.3, -0.25) is 0 Å². The van der Waals surface area contributed by atoms with Crippen LogP contribution in [0.2, 0.25) is 8.67 Å². The Morgan fingerprint density at radius 2 is 2.06 bits per heavy atom. The van der Waals surface area contributed by atoms with Gasteiger partial charge >= 0.3 is 0 Å². The van der Waals surface area contributed by atoms with Crippen LogP contribution >= 0.6 is 45.2 Å². The predicted molar refractivity (Wildman–Crippen MR) is 68.3 cm³/mol. The van der Waals surface area contributed by atoms with E-state index in [1.807, 2.05) is 0 Å². The van der Waals surface area contributed by atoms with Crippen LogP contribution in [0.3, 0.4) is 0 Å². The summed E-state index contributed by atoms with van der Waals surface area (Å²) in [5.74, 6) is -0.0402. The minimum Gasteiger partial charge on any atom is -0.356 e. The van der Waals surface area contributed by atoms with Crippen molar-refractivity contribution in [2.24, 2.45) is 0 Å². The Balaban J connectivity index is 2.33. The molecule has 0 fully saturated rings. The molecule has 2 rings (SSSR count). The first-order valence-electron chi connectivity index (χ1n) is 4.18. The lowest BCUT2D eigenvalue weighted by Gasteiger charge is -1.88. The van der Waals surface area contributed by atoms with Crippen molar-refractivity contribution in [3.8, 4) is 11.3 Å². The van der Waals surface area contributed by atoms with Crippen LogP contribution in [0, 0.1) is 0 Å². The molecule has 0 spiro atoms. The van der Waals surface area contributed by atoms with Crippen molar-refractivity contribution in [1.82, 2.24) is 5.16 Å². The molecule has 2 heterocycles. The third kappa shape index (κ3) is 3.35. The lowest BCUT2D eigenvalue weighted by atomic mass is 10.2. The fourth-order valence-electron chi connectivity index (χ4n) is 1.19. The lowest BCUT2D eigenvalue weighted by Crippen LogP contribution is -1.94. The number of nitrogens with zero attached hydrogens (tertiary/aromatic N) is 1. The average molecular weight is 333 g/mol. The van der Waals surface area contributed by atoms with Crippen LogP contribution in [0.15, 0.2) is 16.7 Å². The smallest absolute Gasteiger partial charge is 0.238 e. The molecule has 4 nitrogen and oxygen atoms in total. The van der Waals surface area contributed by atoms with Gasteiger partial charge in [0, 0.05) is 16.7 Å². The first-order valence-corrected chi connectivity index (χ1v) is 8.23. The Morgan fingerprint density at radius 1 is 1.35 bits per heavy atom. The van der Waals surface area contributed by atoms with Crippen LogP contribution in [0.4, 0.5) is 0 Å². The molecule has 0 bridgehead atoms. The molecule has 2 aromatic rings. The molecule has 17 heavy (non-hydrogen) atoms. The van der Waals surface area contributed by atoms with Gasteiger partial charge in [0.05, 0.1) is 9.90 Å². The molecule has 0 aromatic carbocycles. The van der Waals surface area contributed by atoms with Crippen LogP contribution in [-0.4, -0.2) is 13.6 Å². The molecule has 0 aliphatic carbocycles. The average Bonchev–Trinajstić information content (AvgIpc) is 2.70. The summed E-state index contributed by atoms with van der Waals surface area (Å²) in [7, 11) is 1.45. The molecule has 0 N–H and O–H groups in total. The van der Waals surface area contributed by atoms with E-state index in [4.69, 9.17) is 38.4 Å². The van der Waals surface area contributed by atoms with Gasteiger partial charge in [0.25, 0.3) is 0 Å². The first kappa shape index (κ1) is 13.2. The van der Waals surface area contributed by atoms with Crippen molar-refractivity contribution in [3.05, 3.63) is 26.5 Å². The molecule has 92 valence electrons. The van der Waals surface area contributed by atoms with E-state index < -0.39 is 14.8 Å². The summed E-state index contributed by atoms with van der Waals surface area (Å²) in [6.07, 6.45) is 0. The normalized spacial score (nSPS) is 11.9. The first-order chi connectivity index (χ1) is 7.85. The molecule has 2 aromatic heterocycles. The van der Waals surface area contributed by atoms with Crippen LogP contribution in [-0.2, 0) is 14.8 Å². The minimum absolute atomic E-state index is 0.216. The third-order valence-electron chi connectivity index (χ3n) is 1.80. The van der Waals surface area contributed by atoms with E-state index in [0.29, 0.717) is 20.0 Å². The topological polar surface area (TPSA) is 60.2 Å². The molecule has 0 atom stereocenters. The number of hydrogen-bond acceptors (Lipinski definition) is 5. The van der Waals surface area contributed by atoms with Crippen LogP contribution in [0.1, 0.15) is 5.69 Å². The summed E-state index contributed by atoms with van der Waals surface area (Å²) < 4.78 is 27.7. The van der Waals surface area contributed by atoms with Crippen molar-refractivity contribution in [3.63, 3.8) is 0 Å². The monoisotopic (exact) mass is 331 g/mol. The van der Waals surface area contributed by atoms with E-state index in [0.717, 1.165) is 0 Å². The SMILES string of the molecule is O=S(=O)(Cl)Cc1cc(-c2cc(Cl)sc2Cl)on1. The molecule has 0 saturated heterocycles. The minimum atomic E-state index is -3.66. The van der Waals surface area contributed by atoms with Gasteiger partial charge in [-0.1, -0.05) is 28.4 Å². The highest BCUT2D eigenvalue weighted by Gasteiger charge is 2.16. The largest absolute Gasteiger partial charge is 0.356 e. The molecule has 0 radical (unpaired) electrons. The molecular formula is C8H4Cl3NO3S2. The van der Waals surface area contributed by atoms with Gasteiger partial charge in [-0.15, -0.1) is 11.3 Å². The molecule has 0 unspecified atom stereocenters. The van der Waals surface area contributed by atoms with Crippen molar-refractivity contribution >= 4 is 54.3 Å². The highest BCUT2D eigenvalue weighted by molar-refractivity contribution is 8.13. The second kappa shape index (κ2) is 4.78. The number of hydrogen-bond donors (Lipinski definition) is 0. The maximum absolute atomic E-state index is 10.9. The fourth-order valence-corrected chi connectivity index (χ4v) is 3.49. The Labute approximate surface area is 115 Å². The van der Waals surface area contributed by atoms with Gasteiger partial charge in [-0.2, -0.15) is 0 Å². The Morgan fingerprint density at radius 3 is 2.59 bits per heavy atom. The van der Waals surface area contributed by atoms with Gasteiger partial charge < -0.3 is 4.52 Å². The zero-order valence-electron chi connectivity index (χ0n) is 7.98. The summed E-state index contributed by atoms with van der Waals surface area (Å²) >= 11 is 12.9. The van der Waals surface area contributed by atoms with Crippen molar-refractivity contribution in [2.75, 3.05) is 0 Å². The fraction of sp³-hybridized carbons (Fsp3) is 0.125. The highest BCUT2D eigenvalue weighted by Crippen LogP contribution is 2.38.